The molecule has 0 saturated carbocycles. The number of aromatic nitrogens is 2. The summed E-state index contributed by atoms with van der Waals surface area (Å²) >= 11 is 0. The van der Waals surface area contributed by atoms with Crippen LogP contribution in [-0.4, -0.2) is 26.8 Å². The Kier molecular flexibility index (Phi) is 3.25. The van der Waals surface area contributed by atoms with Crippen LogP contribution in [0.15, 0.2) is 17.8 Å². The van der Waals surface area contributed by atoms with E-state index in [9.17, 15) is 9.59 Å². The van der Waals surface area contributed by atoms with E-state index >= 15 is 0 Å². The first kappa shape index (κ1) is 12.7. The summed E-state index contributed by atoms with van der Waals surface area (Å²) in [7, 11) is 0. The molecule has 1 aliphatic rings. The molecule has 2 amide bonds. The molecule has 0 atom stereocenters. The van der Waals surface area contributed by atoms with Crippen molar-refractivity contribution in [3.05, 3.63) is 29.1 Å². The van der Waals surface area contributed by atoms with Crippen molar-refractivity contribution in [2.45, 2.75) is 20.3 Å². The number of nitrogens with one attached hydrogen (secondary N) is 1. The van der Waals surface area contributed by atoms with Crippen LogP contribution < -0.4 is 5.43 Å². The molecule has 0 radical (unpaired) electrons. The fourth-order valence-corrected chi connectivity index (χ4v) is 1.63. The second-order valence-electron chi connectivity index (χ2n) is 3.94. The number of amides is 2. The van der Waals surface area contributed by atoms with Gasteiger partial charge in [0.05, 0.1) is 17.5 Å². The van der Waals surface area contributed by atoms with Crippen LogP contribution >= 0.6 is 0 Å². The van der Waals surface area contributed by atoms with Gasteiger partial charge in [-0.25, -0.2) is 9.97 Å². The number of hydrazine groups is 1. The predicted octanol–water partition coefficient (Wildman–Crippen LogP) is 0.553. The topological polar surface area (TPSA) is 99.0 Å². The minimum Gasteiger partial charge on any atom is -0.267 e. The zero-order valence-electron chi connectivity index (χ0n) is 10.5. The molecule has 0 fully saturated rings. The van der Waals surface area contributed by atoms with Crippen molar-refractivity contribution in [1.29, 1.82) is 5.26 Å². The van der Waals surface area contributed by atoms with Gasteiger partial charge in [-0.15, -0.1) is 0 Å². The molecule has 0 aromatic carbocycles. The molecule has 1 N–H and O–H groups in total. The molecule has 0 aliphatic carbocycles. The molecule has 96 valence electrons. The van der Waals surface area contributed by atoms with E-state index in [1.54, 1.807) is 6.92 Å². The van der Waals surface area contributed by atoms with Gasteiger partial charge in [-0.2, -0.15) is 10.3 Å². The molecule has 0 bridgehead atoms. The number of carbonyl (C=O) groups is 2. The first-order valence-corrected chi connectivity index (χ1v) is 5.66. The van der Waals surface area contributed by atoms with E-state index in [1.165, 1.54) is 12.3 Å². The van der Waals surface area contributed by atoms with Crippen molar-refractivity contribution in [1.82, 2.24) is 15.0 Å². The molecule has 2 heterocycles. The van der Waals surface area contributed by atoms with Crippen molar-refractivity contribution in [2.75, 3.05) is 5.43 Å². The van der Waals surface area contributed by atoms with Crippen LogP contribution in [0.4, 0.5) is 5.95 Å². The number of hydrogen-bond donors (Lipinski definition) is 1. The van der Waals surface area contributed by atoms with E-state index in [0.717, 1.165) is 5.01 Å². The highest BCUT2D eigenvalue weighted by Gasteiger charge is 2.29. The van der Waals surface area contributed by atoms with Gasteiger partial charge in [-0.3, -0.25) is 15.0 Å². The number of rotatable bonds is 3. The summed E-state index contributed by atoms with van der Waals surface area (Å²) in [5.74, 6) is -0.787. The lowest BCUT2D eigenvalue weighted by Gasteiger charge is -2.15. The molecule has 2 rings (SSSR count). The van der Waals surface area contributed by atoms with Crippen LogP contribution in [0.3, 0.4) is 0 Å². The van der Waals surface area contributed by atoms with Gasteiger partial charge in [-0.1, -0.05) is 6.92 Å². The summed E-state index contributed by atoms with van der Waals surface area (Å²) < 4.78 is 0. The number of nitriles is 1. The van der Waals surface area contributed by atoms with Crippen molar-refractivity contribution in [3.8, 4) is 6.07 Å². The molecule has 1 aromatic heterocycles. The number of aryl methyl sites for hydroxylation is 1. The number of nitrogens with zero attached hydrogens (tertiary/aromatic N) is 4. The Morgan fingerprint density at radius 2 is 2.21 bits per heavy atom. The standard InChI is InChI=1S/C12H11N5O2/c1-3-9-8(5-13)6-14-12(15-9)16-17-10(18)4-7(2)11(17)19/h4,6H,3H2,1-2H3,(H,14,15,16). The van der Waals surface area contributed by atoms with Crippen molar-refractivity contribution in [2.24, 2.45) is 0 Å². The molecular formula is C12H11N5O2. The molecule has 0 unspecified atom stereocenters. The number of anilines is 1. The van der Waals surface area contributed by atoms with E-state index in [2.05, 4.69) is 15.4 Å². The fraction of sp³-hybridized carbons (Fsp3) is 0.250. The Balaban J connectivity index is 2.24. The highest BCUT2D eigenvalue weighted by Crippen LogP contribution is 2.14. The molecule has 19 heavy (non-hydrogen) atoms. The Morgan fingerprint density at radius 1 is 1.47 bits per heavy atom. The highest BCUT2D eigenvalue weighted by atomic mass is 16.2. The summed E-state index contributed by atoms with van der Waals surface area (Å²) in [6, 6.07) is 1.98. The summed E-state index contributed by atoms with van der Waals surface area (Å²) in [6.45, 7) is 3.41. The zero-order chi connectivity index (χ0) is 14.0. The van der Waals surface area contributed by atoms with Crippen LogP contribution in [-0.2, 0) is 16.0 Å². The quantitative estimate of drug-likeness (QED) is 0.794. The lowest BCUT2D eigenvalue weighted by Crippen LogP contribution is -2.37. The van der Waals surface area contributed by atoms with E-state index < -0.39 is 11.8 Å². The maximum Gasteiger partial charge on any atom is 0.275 e. The van der Waals surface area contributed by atoms with Gasteiger partial charge in [0.15, 0.2) is 0 Å². The third-order valence-electron chi connectivity index (χ3n) is 2.64. The molecule has 1 aromatic rings. The summed E-state index contributed by atoms with van der Waals surface area (Å²) in [6.07, 6.45) is 3.15. The average Bonchev–Trinajstić information content (AvgIpc) is 2.65. The lowest BCUT2D eigenvalue weighted by atomic mass is 10.2. The van der Waals surface area contributed by atoms with Gasteiger partial charge in [0.1, 0.15) is 6.07 Å². The van der Waals surface area contributed by atoms with Gasteiger partial charge < -0.3 is 0 Å². The molecule has 1 aliphatic heterocycles. The van der Waals surface area contributed by atoms with E-state index in [4.69, 9.17) is 5.26 Å². The average molecular weight is 257 g/mol. The van der Waals surface area contributed by atoms with Crippen LogP contribution in [0.5, 0.6) is 0 Å². The van der Waals surface area contributed by atoms with Crippen LogP contribution in [0, 0.1) is 11.3 Å². The maximum atomic E-state index is 11.7. The first-order chi connectivity index (χ1) is 9.06. The van der Waals surface area contributed by atoms with E-state index in [-0.39, 0.29) is 5.95 Å². The van der Waals surface area contributed by atoms with Crippen LogP contribution in [0.2, 0.25) is 0 Å². The van der Waals surface area contributed by atoms with Crippen LogP contribution in [0.1, 0.15) is 25.1 Å². The van der Waals surface area contributed by atoms with Crippen molar-refractivity contribution >= 4 is 17.8 Å². The second-order valence-corrected chi connectivity index (χ2v) is 3.94. The third-order valence-corrected chi connectivity index (χ3v) is 2.64. The van der Waals surface area contributed by atoms with Gasteiger partial charge >= 0.3 is 0 Å². The molecule has 0 spiro atoms. The lowest BCUT2D eigenvalue weighted by molar-refractivity contribution is -0.135. The fourth-order valence-electron chi connectivity index (χ4n) is 1.63. The third kappa shape index (κ3) is 2.28. The molecule has 7 nitrogen and oxygen atoms in total. The highest BCUT2D eigenvalue weighted by molar-refractivity contribution is 6.16. The van der Waals surface area contributed by atoms with E-state index in [0.29, 0.717) is 23.3 Å². The Labute approximate surface area is 109 Å². The Hall–Kier alpha value is -2.75. The monoisotopic (exact) mass is 257 g/mol. The van der Waals surface area contributed by atoms with Gasteiger partial charge in [-0.05, 0) is 13.3 Å². The van der Waals surface area contributed by atoms with Crippen molar-refractivity contribution in [3.63, 3.8) is 0 Å². The molecule has 7 heteroatoms. The van der Waals surface area contributed by atoms with Gasteiger partial charge in [0.2, 0.25) is 5.95 Å². The summed E-state index contributed by atoms with van der Waals surface area (Å²) in [4.78, 5) is 31.2. The van der Waals surface area contributed by atoms with Crippen LogP contribution in [0.25, 0.3) is 0 Å². The van der Waals surface area contributed by atoms with Crippen molar-refractivity contribution < 1.29 is 9.59 Å². The Bertz CT molecular complexity index is 629. The molecular weight excluding hydrogens is 246 g/mol. The minimum absolute atomic E-state index is 0.112. The second kappa shape index (κ2) is 4.86. The number of carbonyl (C=O) groups excluding carboxylic acids is 2. The smallest absolute Gasteiger partial charge is 0.267 e. The Morgan fingerprint density at radius 3 is 2.74 bits per heavy atom. The van der Waals surface area contributed by atoms with Gasteiger partial charge in [0.25, 0.3) is 11.8 Å². The number of imide groups is 1. The molecule has 0 saturated heterocycles. The summed E-state index contributed by atoms with van der Waals surface area (Å²) in [5, 5.41) is 9.71. The van der Waals surface area contributed by atoms with Gasteiger partial charge in [0, 0.05) is 11.6 Å². The summed E-state index contributed by atoms with van der Waals surface area (Å²) in [5.41, 5.74) is 3.83. The SMILES string of the molecule is CCc1nc(NN2C(=O)C=C(C)C2=O)ncc1C#N. The predicted molar refractivity (Wildman–Crippen MR) is 65.4 cm³/mol. The maximum absolute atomic E-state index is 11.7. The largest absolute Gasteiger partial charge is 0.275 e. The minimum atomic E-state index is -0.464. The van der Waals surface area contributed by atoms with E-state index in [1.807, 2.05) is 13.0 Å². The number of hydrogen-bond acceptors (Lipinski definition) is 6. The first-order valence-electron chi connectivity index (χ1n) is 5.66. The zero-order valence-corrected chi connectivity index (χ0v) is 10.5. The normalized spacial score (nSPS) is 14.4.